The molecule has 4 heteroatoms. The van der Waals surface area contributed by atoms with E-state index in [2.05, 4.69) is 23.5 Å². The van der Waals surface area contributed by atoms with Gasteiger partial charge >= 0.3 is 0 Å². The van der Waals surface area contributed by atoms with Crippen LogP contribution >= 0.6 is 12.2 Å². The number of nitrogens with one attached hydrogen (secondary N) is 1. The van der Waals surface area contributed by atoms with E-state index in [1.165, 1.54) is 36.1 Å². The summed E-state index contributed by atoms with van der Waals surface area (Å²) in [5.74, 6) is -0.198. The average Bonchev–Trinajstić information content (AvgIpc) is 3.01. The Labute approximate surface area is 142 Å². The van der Waals surface area contributed by atoms with E-state index in [1.807, 2.05) is 24.1 Å². The summed E-state index contributed by atoms with van der Waals surface area (Å²) in [5.41, 5.74) is 5.07. The van der Waals surface area contributed by atoms with Crippen LogP contribution in [-0.4, -0.2) is 23.6 Å². The Balaban J connectivity index is 1.54. The number of halogens is 1. The first-order valence-corrected chi connectivity index (χ1v) is 8.41. The summed E-state index contributed by atoms with van der Waals surface area (Å²) >= 11 is 5.48. The number of aryl methyl sites for hydroxylation is 2. The Morgan fingerprint density at radius 1 is 1.13 bits per heavy atom. The number of rotatable bonds is 4. The van der Waals surface area contributed by atoms with Gasteiger partial charge < -0.3 is 10.2 Å². The lowest BCUT2D eigenvalue weighted by molar-refractivity contribution is 0.515. The molecule has 0 aliphatic heterocycles. The van der Waals surface area contributed by atoms with E-state index >= 15 is 0 Å². The lowest BCUT2D eigenvalue weighted by Gasteiger charge is -2.21. The maximum absolute atomic E-state index is 12.9. The zero-order chi connectivity index (χ0) is 16.2. The molecule has 3 rings (SSSR count). The van der Waals surface area contributed by atoms with Crippen LogP contribution in [0.1, 0.15) is 23.1 Å². The van der Waals surface area contributed by atoms with Crippen LogP contribution in [0, 0.1) is 5.82 Å². The van der Waals surface area contributed by atoms with Gasteiger partial charge in [0.05, 0.1) is 0 Å². The molecule has 0 amide bonds. The molecule has 0 saturated heterocycles. The van der Waals surface area contributed by atoms with Gasteiger partial charge in [0.1, 0.15) is 5.82 Å². The molecule has 0 spiro atoms. The average molecular weight is 328 g/mol. The first-order chi connectivity index (χ1) is 11.1. The number of fused-ring (bicyclic) bond motifs is 1. The number of likely N-dealkylation sites (N-methyl/N-ethyl adjacent to an activating group) is 1. The lowest BCUT2D eigenvalue weighted by Crippen LogP contribution is -2.32. The molecule has 0 heterocycles. The molecule has 2 aromatic rings. The third-order valence-corrected chi connectivity index (χ3v) is 4.76. The van der Waals surface area contributed by atoms with Crippen molar-refractivity contribution < 1.29 is 4.39 Å². The van der Waals surface area contributed by atoms with E-state index in [-0.39, 0.29) is 5.82 Å². The molecular weight excluding hydrogens is 307 g/mol. The van der Waals surface area contributed by atoms with Gasteiger partial charge in [-0.2, -0.15) is 0 Å². The maximum Gasteiger partial charge on any atom is 0.173 e. The fourth-order valence-electron chi connectivity index (χ4n) is 2.92. The molecule has 120 valence electrons. The molecule has 1 N–H and O–H groups in total. The third kappa shape index (κ3) is 4.08. The highest BCUT2D eigenvalue weighted by molar-refractivity contribution is 7.80. The van der Waals surface area contributed by atoms with Crippen molar-refractivity contribution in [3.8, 4) is 0 Å². The number of anilines is 1. The molecule has 0 unspecified atom stereocenters. The number of nitrogens with zero attached hydrogens (tertiary/aromatic N) is 1. The van der Waals surface area contributed by atoms with E-state index in [0.29, 0.717) is 5.11 Å². The van der Waals surface area contributed by atoms with Crippen molar-refractivity contribution in [2.75, 3.05) is 18.9 Å². The monoisotopic (exact) mass is 328 g/mol. The minimum absolute atomic E-state index is 0.198. The van der Waals surface area contributed by atoms with Crippen molar-refractivity contribution in [2.24, 2.45) is 0 Å². The number of benzene rings is 2. The van der Waals surface area contributed by atoms with Crippen molar-refractivity contribution in [3.05, 3.63) is 65.0 Å². The van der Waals surface area contributed by atoms with Gasteiger partial charge in [-0.15, -0.1) is 0 Å². The molecule has 2 nitrogen and oxygen atoms in total. The Morgan fingerprint density at radius 3 is 2.65 bits per heavy atom. The van der Waals surface area contributed by atoms with Crippen LogP contribution in [0.3, 0.4) is 0 Å². The predicted octanol–water partition coefficient (Wildman–Crippen LogP) is 4.19. The van der Waals surface area contributed by atoms with Crippen molar-refractivity contribution >= 4 is 23.0 Å². The normalized spacial score (nSPS) is 12.8. The molecule has 0 atom stereocenters. The zero-order valence-corrected chi connectivity index (χ0v) is 14.1. The van der Waals surface area contributed by atoms with E-state index in [0.717, 1.165) is 30.6 Å². The van der Waals surface area contributed by atoms with Crippen LogP contribution in [0.15, 0.2) is 42.5 Å². The Kier molecular flexibility index (Phi) is 4.91. The highest BCUT2D eigenvalue weighted by Crippen LogP contribution is 2.25. The molecule has 1 aliphatic rings. The first-order valence-electron chi connectivity index (χ1n) is 8.00. The van der Waals surface area contributed by atoms with Gasteiger partial charge in [0, 0.05) is 19.3 Å². The van der Waals surface area contributed by atoms with E-state index < -0.39 is 0 Å². The fraction of sp³-hybridized carbons (Fsp3) is 0.316. The van der Waals surface area contributed by atoms with Crippen molar-refractivity contribution in [1.29, 1.82) is 0 Å². The van der Waals surface area contributed by atoms with Crippen LogP contribution in [0.5, 0.6) is 0 Å². The third-order valence-electron chi connectivity index (χ3n) is 4.35. The summed E-state index contributed by atoms with van der Waals surface area (Å²) < 4.78 is 12.9. The highest BCUT2D eigenvalue weighted by Gasteiger charge is 2.12. The number of hydrogen-bond donors (Lipinski definition) is 1. The SMILES string of the molecule is CN(CCc1ccc(F)cc1)C(=S)Nc1ccc2c(c1)CCC2. The quantitative estimate of drug-likeness (QED) is 0.848. The number of thiocarbonyl (C=S) groups is 1. The number of hydrogen-bond acceptors (Lipinski definition) is 1. The molecular formula is C19H21FN2S. The second kappa shape index (κ2) is 7.09. The van der Waals surface area contributed by atoms with Crippen LogP contribution < -0.4 is 5.32 Å². The minimum Gasteiger partial charge on any atom is -0.352 e. The molecule has 23 heavy (non-hydrogen) atoms. The minimum atomic E-state index is -0.198. The van der Waals surface area contributed by atoms with Crippen LogP contribution in [0.25, 0.3) is 0 Å². The molecule has 2 aromatic carbocycles. The Bertz CT molecular complexity index is 697. The van der Waals surface area contributed by atoms with Crippen LogP contribution in [0.4, 0.5) is 10.1 Å². The summed E-state index contributed by atoms with van der Waals surface area (Å²) in [4.78, 5) is 2.02. The van der Waals surface area contributed by atoms with Crippen molar-refractivity contribution in [3.63, 3.8) is 0 Å². The topological polar surface area (TPSA) is 15.3 Å². The zero-order valence-electron chi connectivity index (χ0n) is 13.3. The van der Waals surface area contributed by atoms with Gasteiger partial charge in [0.2, 0.25) is 0 Å². The second-order valence-electron chi connectivity index (χ2n) is 6.07. The van der Waals surface area contributed by atoms with Gasteiger partial charge in [-0.3, -0.25) is 0 Å². The largest absolute Gasteiger partial charge is 0.352 e. The van der Waals surface area contributed by atoms with Gasteiger partial charge in [-0.1, -0.05) is 18.2 Å². The van der Waals surface area contributed by atoms with Gasteiger partial charge in [-0.25, -0.2) is 4.39 Å². The highest BCUT2D eigenvalue weighted by atomic mass is 32.1. The standard InChI is InChI=1S/C19H21FN2S/c1-22(12-11-14-5-8-17(20)9-6-14)19(23)21-18-10-7-15-3-2-4-16(15)13-18/h5-10,13H,2-4,11-12H2,1H3,(H,21,23). The summed E-state index contributed by atoms with van der Waals surface area (Å²) in [7, 11) is 1.98. The fourth-order valence-corrected chi connectivity index (χ4v) is 3.13. The first kappa shape index (κ1) is 15.9. The lowest BCUT2D eigenvalue weighted by atomic mass is 10.1. The van der Waals surface area contributed by atoms with Crippen LogP contribution in [0.2, 0.25) is 0 Å². The van der Waals surface area contributed by atoms with Crippen LogP contribution in [-0.2, 0) is 19.3 Å². The smallest absolute Gasteiger partial charge is 0.173 e. The molecule has 0 saturated carbocycles. The molecule has 0 fully saturated rings. The van der Waals surface area contributed by atoms with Gasteiger partial charge in [0.25, 0.3) is 0 Å². The summed E-state index contributed by atoms with van der Waals surface area (Å²) in [6.07, 6.45) is 4.44. The summed E-state index contributed by atoms with van der Waals surface area (Å²) in [5, 5.41) is 4.03. The Morgan fingerprint density at radius 2 is 1.87 bits per heavy atom. The summed E-state index contributed by atoms with van der Waals surface area (Å²) in [6, 6.07) is 13.1. The van der Waals surface area contributed by atoms with E-state index in [9.17, 15) is 4.39 Å². The molecule has 0 aromatic heterocycles. The second-order valence-corrected chi connectivity index (χ2v) is 6.45. The van der Waals surface area contributed by atoms with Gasteiger partial charge in [0.15, 0.2) is 5.11 Å². The predicted molar refractivity (Wildman–Crippen MR) is 97.4 cm³/mol. The summed E-state index contributed by atoms with van der Waals surface area (Å²) in [6.45, 7) is 0.794. The van der Waals surface area contributed by atoms with Gasteiger partial charge in [-0.05, 0) is 78.9 Å². The van der Waals surface area contributed by atoms with E-state index in [4.69, 9.17) is 12.2 Å². The molecule has 1 aliphatic carbocycles. The van der Waals surface area contributed by atoms with Crippen molar-refractivity contribution in [2.45, 2.75) is 25.7 Å². The Hall–Kier alpha value is -1.94. The molecule has 0 bridgehead atoms. The maximum atomic E-state index is 12.9. The van der Waals surface area contributed by atoms with E-state index in [1.54, 1.807) is 0 Å². The molecule has 0 radical (unpaired) electrons. The van der Waals surface area contributed by atoms with Crippen molar-refractivity contribution in [1.82, 2.24) is 4.90 Å².